The lowest BCUT2D eigenvalue weighted by Crippen LogP contribution is -1.99. The molecule has 14 heavy (non-hydrogen) atoms. The van der Waals surface area contributed by atoms with E-state index in [-0.39, 0.29) is 13.2 Å². The number of rotatable bonds is 7. The predicted octanol–water partition coefficient (Wildman–Crippen LogP) is 3.27. The summed E-state index contributed by atoms with van der Waals surface area (Å²) in [5.41, 5.74) is 0. The van der Waals surface area contributed by atoms with E-state index in [2.05, 4.69) is 6.58 Å². The monoisotopic (exact) mass is 220 g/mol. The molecule has 0 heterocycles. The first-order valence-electron chi connectivity index (χ1n) is 4.49. The summed E-state index contributed by atoms with van der Waals surface area (Å²) in [7, 11) is -3.45. The number of phosphoric ester groups is 1. The van der Waals surface area contributed by atoms with Crippen molar-refractivity contribution in [1.82, 2.24) is 0 Å². The number of hydrogen-bond donors (Lipinski definition) is 0. The second-order valence-corrected chi connectivity index (χ2v) is 3.86. The topological polar surface area (TPSA) is 44.8 Å². The zero-order chi connectivity index (χ0) is 11.0. The van der Waals surface area contributed by atoms with Gasteiger partial charge in [0, 0.05) is 0 Å². The zero-order valence-corrected chi connectivity index (χ0v) is 9.75. The van der Waals surface area contributed by atoms with Crippen LogP contribution in [0.15, 0.2) is 24.5 Å². The fourth-order valence-electron chi connectivity index (χ4n) is 0.743. The fraction of sp³-hybridized carbons (Fsp3) is 0.556. The number of allylic oxidation sites excluding steroid dienone is 2. The van der Waals surface area contributed by atoms with Crippen molar-refractivity contribution in [2.75, 3.05) is 13.2 Å². The maximum absolute atomic E-state index is 11.8. The van der Waals surface area contributed by atoms with Crippen LogP contribution in [0.3, 0.4) is 0 Å². The quantitative estimate of drug-likeness (QED) is 0.375. The molecule has 0 rings (SSSR count). The molecule has 0 aliphatic carbocycles. The highest BCUT2D eigenvalue weighted by Crippen LogP contribution is 2.51. The Morgan fingerprint density at radius 2 is 1.86 bits per heavy atom. The fourth-order valence-corrected chi connectivity index (χ4v) is 1.99. The Hall–Kier alpha value is -0.570. The molecule has 0 aromatic rings. The van der Waals surface area contributed by atoms with Gasteiger partial charge in [-0.25, -0.2) is 4.57 Å². The molecule has 0 aliphatic heterocycles. The SMILES string of the molecule is C=CC(=CC)OP(=O)(OCC)OCC. The molecule has 0 aromatic carbocycles. The van der Waals surface area contributed by atoms with Crippen LogP contribution >= 0.6 is 7.82 Å². The third-order valence-electron chi connectivity index (χ3n) is 1.28. The molecule has 0 saturated carbocycles. The number of hydrogen-bond acceptors (Lipinski definition) is 4. The van der Waals surface area contributed by atoms with E-state index in [1.54, 1.807) is 26.8 Å². The summed E-state index contributed by atoms with van der Waals surface area (Å²) >= 11 is 0. The lowest BCUT2D eigenvalue weighted by Gasteiger charge is -2.17. The van der Waals surface area contributed by atoms with Crippen molar-refractivity contribution < 1.29 is 18.1 Å². The summed E-state index contributed by atoms with van der Waals surface area (Å²) in [6.45, 7) is 9.24. The van der Waals surface area contributed by atoms with Gasteiger partial charge in [0.1, 0.15) is 5.76 Å². The first-order chi connectivity index (χ1) is 6.61. The van der Waals surface area contributed by atoms with Gasteiger partial charge in [0.05, 0.1) is 13.2 Å². The third kappa shape index (κ3) is 4.61. The molecule has 0 saturated heterocycles. The Morgan fingerprint density at radius 1 is 1.36 bits per heavy atom. The molecule has 0 bridgehead atoms. The second-order valence-electron chi connectivity index (χ2n) is 2.27. The van der Waals surface area contributed by atoms with E-state index in [0.29, 0.717) is 5.76 Å². The Bertz CT molecular complexity index is 237. The van der Waals surface area contributed by atoms with E-state index < -0.39 is 7.82 Å². The van der Waals surface area contributed by atoms with Gasteiger partial charge >= 0.3 is 7.82 Å². The highest BCUT2D eigenvalue weighted by molar-refractivity contribution is 7.48. The lowest BCUT2D eigenvalue weighted by atomic mass is 10.5. The molecule has 0 atom stereocenters. The highest BCUT2D eigenvalue weighted by atomic mass is 31.2. The molecule has 4 nitrogen and oxygen atoms in total. The van der Waals surface area contributed by atoms with Gasteiger partial charge in [-0.2, -0.15) is 0 Å². The largest absolute Gasteiger partial charge is 0.530 e. The summed E-state index contributed by atoms with van der Waals surface area (Å²) < 4.78 is 26.7. The maximum atomic E-state index is 11.8. The lowest BCUT2D eigenvalue weighted by molar-refractivity contribution is 0.148. The summed E-state index contributed by atoms with van der Waals surface area (Å²) in [5.74, 6) is 0.384. The van der Waals surface area contributed by atoms with E-state index in [1.807, 2.05) is 0 Å². The molecule has 0 aromatic heterocycles. The average molecular weight is 220 g/mol. The van der Waals surface area contributed by atoms with E-state index in [4.69, 9.17) is 13.6 Å². The first-order valence-corrected chi connectivity index (χ1v) is 5.95. The maximum Gasteiger partial charge on any atom is 0.530 e. The third-order valence-corrected chi connectivity index (χ3v) is 2.86. The minimum atomic E-state index is -3.45. The van der Waals surface area contributed by atoms with Crippen LogP contribution in [0, 0.1) is 0 Å². The van der Waals surface area contributed by atoms with Gasteiger partial charge in [-0.1, -0.05) is 6.58 Å². The summed E-state index contributed by atoms with van der Waals surface area (Å²) in [5, 5.41) is 0. The van der Waals surface area contributed by atoms with Crippen molar-refractivity contribution in [1.29, 1.82) is 0 Å². The molecule has 0 aliphatic rings. The van der Waals surface area contributed by atoms with Crippen LogP contribution in [0.5, 0.6) is 0 Å². The molecule has 0 unspecified atom stereocenters. The van der Waals surface area contributed by atoms with Crippen molar-refractivity contribution >= 4 is 7.82 Å². The van der Waals surface area contributed by atoms with E-state index in [9.17, 15) is 4.57 Å². The molecule has 0 N–H and O–H groups in total. The van der Waals surface area contributed by atoms with Crippen molar-refractivity contribution in [3.8, 4) is 0 Å². The van der Waals surface area contributed by atoms with Gasteiger partial charge in [0.15, 0.2) is 0 Å². The molecule has 5 heteroatoms. The van der Waals surface area contributed by atoms with Crippen LogP contribution in [-0.4, -0.2) is 13.2 Å². The average Bonchev–Trinajstić information content (AvgIpc) is 2.15. The van der Waals surface area contributed by atoms with Gasteiger partial charge < -0.3 is 4.52 Å². The second kappa shape index (κ2) is 6.82. The van der Waals surface area contributed by atoms with Crippen LogP contribution in [0.1, 0.15) is 20.8 Å². The van der Waals surface area contributed by atoms with Crippen LogP contribution in [0.2, 0.25) is 0 Å². The van der Waals surface area contributed by atoms with Crippen molar-refractivity contribution in [3.05, 3.63) is 24.5 Å². The standard InChI is InChI=1S/C9H17O4P/c1-5-9(6-2)13-14(10,11-7-3)12-8-4/h5-6H,1,7-8H2,2-4H3. The molecule has 0 spiro atoms. The first kappa shape index (κ1) is 13.4. The van der Waals surface area contributed by atoms with E-state index >= 15 is 0 Å². The number of phosphoric acid groups is 1. The zero-order valence-electron chi connectivity index (χ0n) is 8.86. The van der Waals surface area contributed by atoms with Gasteiger partial charge in [0.2, 0.25) is 0 Å². The molecule has 0 amide bonds. The van der Waals surface area contributed by atoms with E-state index in [1.165, 1.54) is 6.08 Å². The van der Waals surface area contributed by atoms with Crippen molar-refractivity contribution in [2.24, 2.45) is 0 Å². The molecular formula is C9H17O4P. The molecule has 82 valence electrons. The Morgan fingerprint density at radius 3 is 2.14 bits per heavy atom. The normalized spacial score (nSPS) is 12.6. The molecule has 0 fully saturated rings. The Labute approximate surface area is 85.2 Å². The Balaban J connectivity index is 4.50. The van der Waals surface area contributed by atoms with Gasteiger partial charge in [-0.15, -0.1) is 0 Å². The minimum absolute atomic E-state index is 0.269. The molecular weight excluding hydrogens is 203 g/mol. The van der Waals surface area contributed by atoms with Crippen LogP contribution in [0.25, 0.3) is 0 Å². The van der Waals surface area contributed by atoms with Crippen molar-refractivity contribution in [3.63, 3.8) is 0 Å². The Kier molecular flexibility index (Phi) is 6.54. The van der Waals surface area contributed by atoms with Gasteiger partial charge in [-0.3, -0.25) is 9.05 Å². The van der Waals surface area contributed by atoms with Crippen LogP contribution in [0.4, 0.5) is 0 Å². The van der Waals surface area contributed by atoms with Crippen LogP contribution in [-0.2, 0) is 18.1 Å². The molecule has 0 radical (unpaired) electrons. The summed E-state index contributed by atoms with van der Waals surface area (Å²) in [4.78, 5) is 0. The minimum Gasteiger partial charge on any atom is -0.404 e. The van der Waals surface area contributed by atoms with E-state index in [0.717, 1.165) is 0 Å². The van der Waals surface area contributed by atoms with Gasteiger partial charge in [0.25, 0.3) is 0 Å². The van der Waals surface area contributed by atoms with Crippen molar-refractivity contribution in [2.45, 2.75) is 20.8 Å². The van der Waals surface area contributed by atoms with Crippen LogP contribution < -0.4 is 0 Å². The summed E-state index contributed by atoms with van der Waals surface area (Å²) in [6, 6.07) is 0. The highest BCUT2D eigenvalue weighted by Gasteiger charge is 2.27. The smallest absolute Gasteiger partial charge is 0.404 e. The van der Waals surface area contributed by atoms with Gasteiger partial charge in [-0.05, 0) is 32.9 Å². The summed E-state index contributed by atoms with van der Waals surface area (Å²) in [6.07, 6.45) is 3.09. The predicted molar refractivity (Wildman–Crippen MR) is 55.9 cm³/mol.